The Kier molecular flexibility index (Phi) is 7.41. The number of para-hydroxylation sites is 1. The Balaban J connectivity index is 1.66. The molecule has 0 saturated carbocycles. The summed E-state index contributed by atoms with van der Waals surface area (Å²) in [5.41, 5.74) is -0.122. The van der Waals surface area contributed by atoms with Gasteiger partial charge in [-0.15, -0.1) is 4.80 Å². The quantitative estimate of drug-likeness (QED) is 0.479. The standard InChI is InChI=1S/C20H21ClF3N7O/c1-3-30(13(2)9-25-19-26-10-14(11-27-19)20(22,23)24)12-17(32)15-5-4-6-16(21)18(15)31-28-7-8-29-31/h4-8,10-11,13H,3,9,12H2,1-2H3,(H,25,26,27)/t13-/m0/s1. The first-order chi connectivity index (χ1) is 15.2. The smallest absolute Gasteiger partial charge is 0.353 e. The minimum Gasteiger partial charge on any atom is -0.353 e. The third kappa shape index (κ3) is 5.60. The summed E-state index contributed by atoms with van der Waals surface area (Å²) < 4.78 is 37.9. The van der Waals surface area contributed by atoms with E-state index in [2.05, 4.69) is 25.5 Å². The fraction of sp³-hybridized carbons (Fsp3) is 0.350. The number of likely N-dealkylation sites (N-methyl/N-ethyl adjacent to an activating group) is 1. The van der Waals surface area contributed by atoms with Gasteiger partial charge in [-0.25, -0.2) is 9.97 Å². The SMILES string of the molecule is CCN(CC(=O)c1cccc(Cl)c1-n1nccn1)[C@@H](C)CNc1ncc(C(F)(F)F)cn1. The zero-order chi connectivity index (χ0) is 23.3. The molecule has 170 valence electrons. The van der Waals surface area contributed by atoms with E-state index < -0.39 is 11.7 Å². The van der Waals surface area contributed by atoms with E-state index in [9.17, 15) is 18.0 Å². The van der Waals surface area contributed by atoms with Gasteiger partial charge in [0.25, 0.3) is 0 Å². The second-order valence-corrected chi connectivity index (χ2v) is 7.37. The lowest BCUT2D eigenvalue weighted by Crippen LogP contribution is -2.41. The lowest BCUT2D eigenvalue weighted by Gasteiger charge is -2.27. The minimum atomic E-state index is -4.49. The Labute approximate surface area is 187 Å². The molecule has 0 unspecified atom stereocenters. The van der Waals surface area contributed by atoms with Crippen molar-refractivity contribution in [2.75, 3.05) is 25.0 Å². The molecule has 2 heterocycles. The van der Waals surface area contributed by atoms with Crippen LogP contribution in [0.1, 0.15) is 29.8 Å². The van der Waals surface area contributed by atoms with Crippen molar-refractivity contribution >= 4 is 23.3 Å². The molecule has 2 aromatic heterocycles. The van der Waals surface area contributed by atoms with Crippen molar-refractivity contribution < 1.29 is 18.0 Å². The summed E-state index contributed by atoms with van der Waals surface area (Å²) in [6.07, 6.45) is -0.0493. The lowest BCUT2D eigenvalue weighted by molar-refractivity contribution is -0.138. The number of carbonyl (C=O) groups excluding carboxylic acids is 1. The molecule has 0 fully saturated rings. The van der Waals surface area contributed by atoms with Crippen LogP contribution >= 0.6 is 11.6 Å². The van der Waals surface area contributed by atoms with Crippen LogP contribution in [0.15, 0.2) is 43.0 Å². The van der Waals surface area contributed by atoms with Gasteiger partial charge in [0.1, 0.15) is 5.69 Å². The number of benzene rings is 1. The molecule has 1 aromatic carbocycles. The van der Waals surface area contributed by atoms with Gasteiger partial charge in [-0.1, -0.05) is 24.6 Å². The Hall–Kier alpha value is -3.05. The van der Waals surface area contributed by atoms with Crippen molar-refractivity contribution in [3.05, 3.63) is 59.1 Å². The maximum absolute atomic E-state index is 13.1. The van der Waals surface area contributed by atoms with Crippen LogP contribution in [0.4, 0.5) is 19.1 Å². The first-order valence-electron chi connectivity index (χ1n) is 9.76. The van der Waals surface area contributed by atoms with Crippen LogP contribution < -0.4 is 5.32 Å². The summed E-state index contributed by atoms with van der Waals surface area (Å²) >= 11 is 6.29. The molecule has 0 aliphatic carbocycles. The lowest BCUT2D eigenvalue weighted by atomic mass is 10.1. The molecular formula is C20H21ClF3N7O. The highest BCUT2D eigenvalue weighted by molar-refractivity contribution is 6.33. The number of aromatic nitrogens is 5. The van der Waals surface area contributed by atoms with Gasteiger partial charge in [0, 0.05) is 30.5 Å². The Bertz CT molecular complexity index is 1040. The molecule has 8 nitrogen and oxygen atoms in total. The van der Waals surface area contributed by atoms with Crippen LogP contribution in [0.3, 0.4) is 0 Å². The number of alkyl halides is 3. The van der Waals surface area contributed by atoms with Crippen LogP contribution in [0.2, 0.25) is 5.02 Å². The molecule has 0 bridgehead atoms. The van der Waals surface area contributed by atoms with Crippen LogP contribution in [0.5, 0.6) is 0 Å². The van der Waals surface area contributed by atoms with E-state index in [-0.39, 0.29) is 24.3 Å². The van der Waals surface area contributed by atoms with E-state index in [0.717, 1.165) is 12.4 Å². The topological polar surface area (TPSA) is 88.8 Å². The normalized spacial score (nSPS) is 12.7. The van der Waals surface area contributed by atoms with Crippen LogP contribution in [-0.2, 0) is 6.18 Å². The summed E-state index contributed by atoms with van der Waals surface area (Å²) in [6.45, 7) is 4.80. The van der Waals surface area contributed by atoms with Crippen LogP contribution in [0, 0.1) is 0 Å². The fourth-order valence-electron chi connectivity index (χ4n) is 3.06. The Morgan fingerprint density at radius 3 is 2.47 bits per heavy atom. The Morgan fingerprint density at radius 2 is 1.88 bits per heavy atom. The third-order valence-electron chi connectivity index (χ3n) is 4.82. The van der Waals surface area contributed by atoms with Gasteiger partial charge in [0.05, 0.1) is 29.5 Å². The van der Waals surface area contributed by atoms with Crippen molar-refractivity contribution in [2.45, 2.75) is 26.1 Å². The molecule has 12 heteroatoms. The van der Waals surface area contributed by atoms with E-state index >= 15 is 0 Å². The van der Waals surface area contributed by atoms with Gasteiger partial charge in [0.15, 0.2) is 5.78 Å². The first-order valence-corrected chi connectivity index (χ1v) is 10.1. The van der Waals surface area contributed by atoms with Gasteiger partial charge < -0.3 is 5.32 Å². The van der Waals surface area contributed by atoms with Crippen LogP contribution in [0.25, 0.3) is 5.69 Å². The number of hydrogen-bond acceptors (Lipinski definition) is 7. The minimum absolute atomic E-state index is 0.0779. The predicted molar refractivity (Wildman–Crippen MR) is 113 cm³/mol. The summed E-state index contributed by atoms with van der Waals surface area (Å²) in [4.78, 5) is 23.7. The summed E-state index contributed by atoms with van der Waals surface area (Å²) in [5.74, 6) is -0.0895. The van der Waals surface area contributed by atoms with Gasteiger partial charge in [-0.05, 0) is 25.6 Å². The third-order valence-corrected chi connectivity index (χ3v) is 5.12. The van der Waals surface area contributed by atoms with Crippen molar-refractivity contribution in [1.82, 2.24) is 29.9 Å². The largest absolute Gasteiger partial charge is 0.419 e. The maximum atomic E-state index is 13.1. The van der Waals surface area contributed by atoms with E-state index in [4.69, 9.17) is 11.6 Å². The molecule has 32 heavy (non-hydrogen) atoms. The summed E-state index contributed by atoms with van der Waals surface area (Å²) in [7, 11) is 0. The summed E-state index contributed by atoms with van der Waals surface area (Å²) in [6, 6.07) is 4.87. The second kappa shape index (κ2) is 10.0. The molecule has 1 N–H and O–H groups in total. The zero-order valence-corrected chi connectivity index (χ0v) is 18.1. The average Bonchev–Trinajstić information content (AvgIpc) is 3.29. The molecule has 3 rings (SSSR count). The van der Waals surface area contributed by atoms with Crippen molar-refractivity contribution in [2.24, 2.45) is 0 Å². The monoisotopic (exact) mass is 467 g/mol. The number of nitrogens with zero attached hydrogens (tertiary/aromatic N) is 6. The van der Waals surface area contributed by atoms with E-state index in [1.165, 1.54) is 17.2 Å². The average molecular weight is 468 g/mol. The number of rotatable bonds is 9. The highest BCUT2D eigenvalue weighted by Crippen LogP contribution is 2.28. The van der Waals surface area contributed by atoms with Gasteiger partial charge in [-0.2, -0.15) is 23.4 Å². The molecule has 3 aromatic rings. The number of halogens is 4. The second-order valence-electron chi connectivity index (χ2n) is 6.96. The molecule has 0 aliphatic rings. The van der Waals surface area contributed by atoms with E-state index in [1.807, 2.05) is 18.7 Å². The van der Waals surface area contributed by atoms with Crippen molar-refractivity contribution in [3.8, 4) is 5.69 Å². The van der Waals surface area contributed by atoms with Gasteiger partial charge in [0.2, 0.25) is 5.95 Å². The number of nitrogens with one attached hydrogen (secondary N) is 1. The fourth-order valence-corrected chi connectivity index (χ4v) is 3.31. The number of Topliss-reactive ketones (excluding diaryl/α,β-unsaturated/α-hetero) is 1. The molecule has 0 spiro atoms. The predicted octanol–water partition coefficient (Wildman–Crippen LogP) is 3.73. The number of hydrogen-bond donors (Lipinski definition) is 1. The molecule has 0 radical (unpaired) electrons. The van der Waals surface area contributed by atoms with E-state index in [0.29, 0.717) is 29.4 Å². The molecule has 1 atom stereocenters. The molecular weight excluding hydrogens is 447 g/mol. The first kappa shape index (κ1) is 23.6. The highest BCUT2D eigenvalue weighted by Gasteiger charge is 2.31. The van der Waals surface area contributed by atoms with Crippen molar-refractivity contribution in [1.29, 1.82) is 0 Å². The number of carbonyl (C=O) groups is 1. The van der Waals surface area contributed by atoms with Gasteiger partial charge >= 0.3 is 6.18 Å². The van der Waals surface area contributed by atoms with Gasteiger partial charge in [-0.3, -0.25) is 9.69 Å². The maximum Gasteiger partial charge on any atom is 0.419 e. The number of ketones is 1. The molecule has 0 amide bonds. The zero-order valence-electron chi connectivity index (χ0n) is 17.3. The van der Waals surface area contributed by atoms with E-state index in [1.54, 1.807) is 18.2 Å². The van der Waals surface area contributed by atoms with Crippen molar-refractivity contribution in [3.63, 3.8) is 0 Å². The summed E-state index contributed by atoms with van der Waals surface area (Å²) in [5, 5.41) is 11.4. The molecule has 0 saturated heterocycles. The molecule has 0 aliphatic heterocycles. The number of anilines is 1. The highest BCUT2D eigenvalue weighted by atomic mass is 35.5. The Morgan fingerprint density at radius 1 is 1.22 bits per heavy atom. The van der Waals surface area contributed by atoms with Crippen LogP contribution in [-0.4, -0.2) is 61.3 Å².